The summed E-state index contributed by atoms with van der Waals surface area (Å²) in [4.78, 5) is 56.3. The van der Waals surface area contributed by atoms with Gasteiger partial charge in [0.25, 0.3) is 11.8 Å². The molecular formula is C33H32N4O4. The lowest BCUT2D eigenvalue weighted by molar-refractivity contribution is -0.136. The van der Waals surface area contributed by atoms with Crippen molar-refractivity contribution in [2.45, 2.75) is 31.5 Å². The number of likely N-dealkylation sites (tertiary alicyclic amines) is 2. The number of imide groups is 2. The summed E-state index contributed by atoms with van der Waals surface area (Å²) in [5.41, 5.74) is 4.29. The Kier molecular flexibility index (Phi) is 6.52. The van der Waals surface area contributed by atoms with Gasteiger partial charge in [-0.25, -0.2) is 0 Å². The van der Waals surface area contributed by atoms with Gasteiger partial charge in [0.05, 0.1) is 17.2 Å². The monoisotopic (exact) mass is 548 g/mol. The van der Waals surface area contributed by atoms with Crippen molar-refractivity contribution < 1.29 is 19.2 Å². The van der Waals surface area contributed by atoms with Gasteiger partial charge in [0.1, 0.15) is 6.04 Å². The Labute approximate surface area is 238 Å². The third kappa shape index (κ3) is 4.67. The van der Waals surface area contributed by atoms with E-state index in [0.717, 1.165) is 36.6 Å². The summed E-state index contributed by atoms with van der Waals surface area (Å²) in [6.07, 6.45) is 0.271. The zero-order valence-corrected chi connectivity index (χ0v) is 22.7. The first kappa shape index (κ1) is 25.8. The minimum Gasteiger partial charge on any atom is -0.298 e. The highest BCUT2D eigenvalue weighted by Gasteiger charge is 2.45. The Morgan fingerprint density at radius 2 is 1.34 bits per heavy atom. The zero-order chi connectivity index (χ0) is 28.1. The molecule has 8 nitrogen and oxygen atoms in total. The molecular weight excluding hydrogens is 516 g/mol. The van der Waals surface area contributed by atoms with Crippen molar-refractivity contribution in [2.75, 3.05) is 26.2 Å². The minimum atomic E-state index is -0.944. The Morgan fingerprint density at radius 1 is 0.732 bits per heavy atom. The van der Waals surface area contributed by atoms with E-state index in [1.54, 1.807) is 6.07 Å². The standard InChI is InChI=1S/C33H32N4O4/c38-29-14-13-28(31(39)34-29)37-32(40)26-12-11-21(15-27(26)33(37)41)16-35-17-24-19-36(20-25(24)18-35)30(22-7-3-1-4-8-22)23-9-5-2-6-10-23/h1-12,15,24-25,28,30H,13-14,16-20H2,(H,34,38,39). The summed E-state index contributed by atoms with van der Waals surface area (Å²) in [6, 6.07) is 26.2. The van der Waals surface area contributed by atoms with E-state index in [1.165, 1.54) is 11.1 Å². The number of carbonyl (C=O) groups is 4. The second-order valence-electron chi connectivity index (χ2n) is 11.7. The smallest absolute Gasteiger partial charge is 0.262 e. The second kappa shape index (κ2) is 10.4. The van der Waals surface area contributed by atoms with Crippen molar-refractivity contribution in [3.05, 3.63) is 107 Å². The van der Waals surface area contributed by atoms with Crippen molar-refractivity contribution in [1.82, 2.24) is 20.0 Å². The summed E-state index contributed by atoms with van der Waals surface area (Å²) in [5, 5.41) is 2.25. The van der Waals surface area contributed by atoms with Crippen LogP contribution in [0.2, 0.25) is 0 Å². The number of benzene rings is 3. The molecule has 208 valence electrons. The number of nitrogens with zero attached hydrogens (tertiary/aromatic N) is 3. The second-order valence-corrected chi connectivity index (χ2v) is 11.7. The van der Waals surface area contributed by atoms with Crippen LogP contribution in [-0.4, -0.2) is 70.5 Å². The lowest BCUT2D eigenvalue weighted by Gasteiger charge is -2.30. The van der Waals surface area contributed by atoms with E-state index in [4.69, 9.17) is 0 Å². The minimum absolute atomic E-state index is 0.112. The molecule has 0 spiro atoms. The Bertz CT molecular complexity index is 1470. The first-order valence-electron chi connectivity index (χ1n) is 14.4. The summed E-state index contributed by atoms with van der Waals surface area (Å²) < 4.78 is 0. The lowest BCUT2D eigenvalue weighted by atomic mass is 9.97. The van der Waals surface area contributed by atoms with Gasteiger partial charge < -0.3 is 0 Å². The number of amides is 4. The van der Waals surface area contributed by atoms with Crippen LogP contribution in [0.15, 0.2) is 78.9 Å². The summed E-state index contributed by atoms with van der Waals surface area (Å²) in [6.45, 7) is 4.76. The molecule has 4 heterocycles. The fraction of sp³-hybridized carbons (Fsp3) is 0.333. The SMILES string of the molecule is O=C1CCC(N2C(=O)c3ccc(CN4CC5CN(C(c6ccccc6)c6ccccc6)CC5C4)cc3C2=O)C(=O)N1. The van der Waals surface area contributed by atoms with Crippen LogP contribution in [0.5, 0.6) is 0 Å². The number of nitrogens with one attached hydrogen (secondary N) is 1. The predicted octanol–water partition coefficient (Wildman–Crippen LogP) is 3.24. The molecule has 3 fully saturated rings. The highest BCUT2D eigenvalue weighted by Crippen LogP contribution is 2.39. The molecule has 4 aliphatic rings. The molecule has 3 aromatic rings. The van der Waals surface area contributed by atoms with Crippen LogP contribution in [0.1, 0.15) is 56.3 Å². The number of carbonyl (C=O) groups excluding carboxylic acids is 4. The van der Waals surface area contributed by atoms with E-state index in [0.29, 0.717) is 29.5 Å². The van der Waals surface area contributed by atoms with Crippen LogP contribution in [0.25, 0.3) is 0 Å². The van der Waals surface area contributed by atoms with E-state index in [1.807, 2.05) is 12.1 Å². The normalized spacial score (nSPS) is 24.7. The van der Waals surface area contributed by atoms with Crippen LogP contribution in [0, 0.1) is 11.8 Å². The van der Waals surface area contributed by atoms with Gasteiger partial charge in [-0.3, -0.25) is 39.2 Å². The van der Waals surface area contributed by atoms with Crippen molar-refractivity contribution in [2.24, 2.45) is 11.8 Å². The largest absolute Gasteiger partial charge is 0.298 e. The third-order valence-corrected chi connectivity index (χ3v) is 9.10. The first-order chi connectivity index (χ1) is 20.0. The first-order valence-corrected chi connectivity index (χ1v) is 14.4. The maximum atomic E-state index is 13.2. The van der Waals surface area contributed by atoms with Crippen molar-refractivity contribution in [3.8, 4) is 0 Å². The van der Waals surface area contributed by atoms with Gasteiger partial charge in [-0.2, -0.15) is 0 Å². The molecule has 0 aliphatic carbocycles. The number of piperidine rings is 1. The van der Waals surface area contributed by atoms with Crippen molar-refractivity contribution in [1.29, 1.82) is 0 Å². The van der Waals surface area contributed by atoms with E-state index in [9.17, 15) is 19.2 Å². The molecule has 8 heteroatoms. The molecule has 7 rings (SSSR count). The molecule has 1 N–H and O–H groups in total. The average Bonchev–Trinajstić information content (AvgIpc) is 3.61. The maximum absolute atomic E-state index is 13.2. The molecule has 41 heavy (non-hydrogen) atoms. The lowest BCUT2D eigenvalue weighted by Crippen LogP contribution is -2.54. The van der Waals surface area contributed by atoms with Gasteiger partial charge in [-0.05, 0) is 47.1 Å². The predicted molar refractivity (Wildman–Crippen MR) is 152 cm³/mol. The summed E-state index contributed by atoms with van der Waals surface area (Å²) in [7, 11) is 0. The molecule has 0 bridgehead atoms. The van der Waals surface area contributed by atoms with E-state index in [2.05, 4.69) is 75.8 Å². The fourth-order valence-corrected chi connectivity index (χ4v) is 7.23. The van der Waals surface area contributed by atoms with Gasteiger partial charge in [-0.1, -0.05) is 66.7 Å². The van der Waals surface area contributed by atoms with Crippen LogP contribution in [0.4, 0.5) is 0 Å². The number of hydrogen-bond acceptors (Lipinski definition) is 6. The molecule has 3 unspecified atom stereocenters. The molecule has 3 aromatic carbocycles. The average molecular weight is 549 g/mol. The number of hydrogen-bond donors (Lipinski definition) is 1. The van der Waals surface area contributed by atoms with Crippen LogP contribution < -0.4 is 5.32 Å². The molecule has 4 aliphatic heterocycles. The molecule has 3 saturated heterocycles. The van der Waals surface area contributed by atoms with Gasteiger partial charge in [-0.15, -0.1) is 0 Å². The van der Waals surface area contributed by atoms with Gasteiger partial charge >= 0.3 is 0 Å². The Balaban J connectivity index is 1.03. The van der Waals surface area contributed by atoms with Crippen molar-refractivity contribution in [3.63, 3.8) is 0 Å². The van der Waals surface area contributed by atoms with Crippen LogP contribution >= 0.6 is 0 Å². The molecule has 3 atom stereocenters. The van der Waals surface area contributed by atoms with E-state index in [-0.39, 0.29) is 24.8 Å². The fourth-order valence-electron chi connectivity index (χ4n) is 7.23. The number of rotatable bonds is 6. The summed E-state index contributed by atoms with van der Waals surface area (Å²) >= 11 is 0. The van der Waals surface area contributed by atoms with Crippen LogP contribution in [-0.2, 0) is 16.1 Å². The Hall–Kier alpha value is -4.14. The molecule has 0 radical (unpaired) electrons. The van der Waals surface area contributed by atoms with Gasteiger partial charge in [0.15, 0.2) is 0 Å². The topological polar surface area (TPSA) is 90.0 Å². The highest BCUT2D eigenvalue weighted by molar-refractivity contribution is 6.23. The molecule has 0 aromatic heterocycles. The quantitative estimate of drug-likeness (QED) is 0.476. The third-order valence-electron chi connectivity index (χ3n) is 9.10. The number of fused-ring (bicyclic) bond motifs is 2. The van der Waals surface area contributed by atoms with Crippen molar-refractivity contribution >= 4 is 23.6 Å². The highest BCUT2D eigenvalue weighted by atomic mass is 16.2. The molecule has 0 saturated carbocycles. The zero-order valence-electron chi connectivity index (χ0n) is 22.7. The summed E-state index contributed by atoms with van der Waals surface area (Å²) in [5.74, 6) is -0.734. The van der Waals surface area contributed by atoms with E-state index < -0.39 is 23.8 Å². The van der Waals surface area contributed by atoms with Gasteiger partial charge in [0.2, 0.25) is 11.8 Å². The Morgan fingerprint density at radius 3 is 1.95 bits per heavy atom. The van der Waals surface area contributed by atoms with Gasteiger partial charge in [0, 0.05) is 39.1 Å². The maximum Gasteiger partial charge on any atom is 0.262 e. The van der Waals surface area contributed by atoms with Crippen LogP contribution in [0.3, 0.4) is 0 Å². The van der Waals surface area contributed by atoms with E-state index >= 15 is 0 Å². The molecule has 4 amide bonds.